The van der Waals surface area contributed by atoms with Crippen molar-refractivity contribution in [3.8, 4) is 0 Å². The molecule has 4 fully saturated rings. The average Bonchev–Trinajstić information content (AvgIpc) is 2.91. The second-order valence-electron chi connectivity index (χ2n) is 12.4. The number of ether oxygens (including phenoxy) is 1. The highest BCUT2D eigenvalue weighted by molar-refractivity contribution is 5.10. The van der Waals surface area contributed by atoms with Crippen molar-refractivity contribution < 1.29 is 14.9 Å². The Bertz CT molecular complexity index is 579. The summed E-state index contributed by atoms with van der Waals surface area (Å²) in [6, 6.07) is 0. The Labute approximate surface area is 172 Å². The third-order valence-electron chi connectivity index (χ3n) is 9.90. The van der Waals surface area contributed by atoms with Crippen LogP contribution >= 0.6 is 0 Å². The van der Waals surface area contributed by atoms with E-state index in [1.807, 2.05) is 13.8 Å². The Morgan fingerprint density at radius 3 is 2.32 bits per heavy atom. The lowest BCUT2D eigenvalue weighted by atomic mass is 9.44. The van der Waals surface area contributed by atoms with Crippen LogP contribution in [0.2, 0.25) is 0 Å². The molecule has 0 aromatic heterocycles. The first-order chi connectivity index (χ1) is 12.9. The average molecular weight is 393 g/mol. The first-order valence-electron chi connectivity index (χ1n) is 12.0. The SMILES string of the molecule is CC(C)(O)CCOC1CCC2C3CCC4C[C@@](C)(O)CCC4(C)C3CC[C@]12C. The summed E-state index contributed by atoms with van der Waals surface area (Å²) in [5.41, 5.74) is -0.310. The first kappa shape index (κ1) is 21.1. The van der Waals surface area contributed by atoms with E-state index in [4.69, 9.17) is 4.74 Å². The number of aliphatic hydroxyl groups is 2. The molecule has 0 bridgehead atoms. The molecule has 0 aromatic rings. The predicted octanol–water partition coefficient (Wildman–Crippen LogP) is 5.33. The first-order valence-corrected chi connectivity index (χ1v) is 12.0. The van der Waals surface area contributed by atoms with Gasteiger partial charge in [-0.05, 0) is 119 Å². The minimum Gasteiger partial charge on any atom is -0.390 e. The van der Waals surface area contributed by atoms with Gasteiger partial charge in [0.05, 0.1) is 17.3 Å². The zero-order chi connectivity index (χ0) is 20.4. The molecule has 0 aliphatic heterocycles. The van der Waals surface area contributed by atoms with Crippen LogP contribution in [0.4, 0.5) is 0 Å². The molecule has 0 spiro atoms. The maximum atomic E-state index is 10.7. The van der Waals surface area contributed by atoms with E-state index in [-0.39, 0.29) is 0 Å². The Morgan fingerprint density at radius 2 is 1.61 bits per heavy atom. The van der Waals surface area contributed by atoms with E-state index in [0.717, 1.165) is 37.0 Å². The highest BCUT2D eigenvalue weighted by Crippen LogP contribution is 2.67. The minimum absolute atomic E-state index is 0.324. The van der Waals surface area contributed by atoms with E-state index in [0.29, 0.717) is 29.5 Å². The number of hydrogen-bond acceptors (Lipinski definition) is 3. The molecular weight excluding hydrogens is 348 g/mol. The van der Waals surface area contributed by atoms with Gasteiger partial charge < -0.3 is 14.9 Å². The number of rotatable bonds is 4. The molecule has 2 N–H and O–H groups in total. The smallest absolute Gasteiger partial charge is 0.0631 e. The molecule has 0 aromatic carbocycles. The molecule has 8 atom stereocenters. The van der Waals surface area contributed by atoms with Gasteiger partial charge in [0, 0.05) is 6.61 Å². The lowest BCUT2D eigenvalue weighted by molar-refractivity contribution is -0.156. The van der Waals surface area contributed by atoms with Gasteiger partial charge in [-0.25, -0.2) is 0 Å². The summed E-state index contributed by atoms with van der Waals surface area (Å²) < 4.78 is 6.40. The van der Waals surface area contributed by atoms with E-state index in [2.05, 4.69) is 20.8 Å². The van der Waals surface area contributed by atoms with Gasteiger partial charge in [0.15, 0.2) is 0 Å². The zero-order valence-corrected chi connectivity index (χ0v) is 19.0. The molecule has 3 heteroatoms. The summed E-state index contributed by atoms with van der Waals surface area (Å²) in [6.45, 7) is 11.6. The van der Waals surface area contributed by atoms with Gasteiger partial charge in [0.2, 0.25) is 0 Å². The monoisotopic (exact) mass is 392 g/mol. The van der Waals surface area contributed by atoms with Gasteiger partial charge in [-0.1, -0.05) is 13.8 Å². The Balaban J connectivity index is 1.46. The normalized spacial score (nSPS) is 51.3. The summed E-state index contributed by atoms with van der Waals surface area (Å²) in [7, 11) is 0. The highest BCUT2D eigenvalue weighted by atomic mass is 16.5. The fourth-order valence-corrected chi connectivity index (χ4v) is 8.11. The molecule has 4 saturated carbocycles. The van der Waals surface area contributed by atoms with E-state index in [1.54, 1.807) is 0 Å². The van der Waals surface area contributed by atoms with Crippen molar-refractivity contribution in [2.75, 3.05) is 6.61 Å². The lowest BCUT2D eigenvalue weighted by Crippen LogP contribution is -2.56. The van der Waals surface area contributed by atoms with Gasteiger partial charge in [-0.15, -0.1) is 0 Å². The van der Waals surface area contributed by atoms with Crippen molar-refractivity contribution >= 4 is 0 Å². The summed E-state index contributed by atoms with van der Waals surface area (Å²) >= 11 is 0. The maximum absolute atomic E-state index is 10.7. The summed E-state index contributed by atoms with van der Waals surface area (Å²) in [4.78, 5) is 0. The number of fused-ring (bicyclic) bond motifs is 5. The summed E-state index contributed by atoms with van der Waals surface area (Å²) in [5.74, 6) is 3.21. The molecule has 0 amide bonds. The summed E-state index contributed by atoms with van der Waals surface area (Å²) in [6.07, 6.45) is 12.1. The minimum atomic E-state index is -0.633. The van der Waals surface area contributed by atoms with Crippen LogP contribution in [0.25, 0.3) is 0 Å². The third-order valence-corrected chi connectivity index (χ3v) is 9.90. The molecule has 6 unspecified atom stereocenters. The standard InChI is InChI=1S/C25H44O3/c1-22(2,26)14-15-28-21-9-8-19-18-7-6-17-16-23(3,27)12-13-24(17,4)20(18)10-11-25(19,21)5/h17-21,26-27H,6-16H2,1-5H3/t17?,18?,19?,20?,21?,23-,24?,25-/m0/s1. The van der Waals surface area contributed by atoms with Crippen molar-refractivity contribution in [3.05, 3.63) is 0 Å². The molecule has 0 saturated heterocycles. The van der Waals surface area contributed by atoms with Gasteiger partial charge in [0.1, 0.15) is 0 Å². The van der Waals surface area contributed by atoms with Crippen molar-refractivity contribution in [1.82, 2.24) is 0 Å². The third kappa shape index (κ3) is 3.58. The summed E-state index contributed by atoms with van der Waals surface area (Å²) in [5, 5.41) is 20.7. The van der Waals surface area contributed by atoms with Crippen LogP contribution in [0.5, 0.6) is 0 Å². The van der Waals surface area contributed by atoms with Crippen molar-refractivity contribution in [2.45, 2.75) is 116 Å². The quantitative estimate of drug-likeness (QED) is 0.680. The van der Waals surface area contributed by atoms with Crippen LogP contribution in [0, 0.1) is 34.5 Å². The fourth-order valence-electron chi connectivity index (χ4n) is 8.11. The largest absolute Gasteiger partial charge is 0.390 e. The molecule has 162 valence electrons. The molecule has 3 nitrogen and oxygen atoms in total. The lowest BCUT2D eigenvalue weighted by Gasteiger charge is -2.61. The molecular formula is C25H44O3. The van der Waals surface area contributed by atoms with Crippen LogP contribution < -0.4 is 0 Å². The second-order valence-corrected chi connectivity index (χ2v) is 12.4. The second kappa shape index (κ2) is 6.95. The maximum Gasteiger partial charge on any atom is 0.0631 e. The molecule has 4 aliphatic rings. The Morgan fingerprint density at radius 1 is 0.893 bits per heavy atom. The Kier molecular flexibility index (Phi) is 5.25. The van der Waals surface area contributed by atoms with Gasteiger partial charge in [-0.3, -0.25) is 0 Å². The van der Waals surface area contributed by atoms with Gasteiger partial charge in [0.25, 0.3) is 0 Å². The van der Waals surface area contributed by atoms with Crippen LogP contribution in [0.15, 0.2) is 0 Å². The van der Waals surface area contributed by atoms with Crippen LogP contribution in [-0.4, -0.2) is 34.1 Å². The van der Waals surface area contributed by atoms with Gasteiger partial charge in [-0.2, -0.15) is 0 Å². The fraction of sp³-hybridized carbons (Fsp3) is 1.00. The molecule has 0 heterocycles. The van der Waals surface area contributed by atoms with Crippen molar-refractivity contribution in [1.29, 1.82) is 0 Å². The molecule has 4 aliphatic carbocycles. The van der Waals surface area contributed by atoms with Crippen molar-refractivity contribution in [3.63, 3.8) is 0 Å². The topological polar surface area (TPSA) is 49.7 Å². The van der Waals surface area contributed by atoms with Crippen LogP contribution in [0.1, 0.15) is 98.8 Å². The van der Waals surface area contributed by atoms with E-state index >= 15 is 0 Å². The Hall–Kier alpha value is -0.120. The zero-order valence-electron chi connectivity index (χ0n) is 19.0. The van der Waals surface area contributed by atoms with Gasteiger partial charge >= 0.3 is 0 Å². The van der Waals surface area contributed by atoms with Crippen molar-refractivity contribution in [2.24, 2.45) is 34.5 Å². The highest BCUT2D eigenvalue weighted by Gasteiger charge is 2.61. The van der Waals surface area contributed by atoms with Crippen LogP contribution in [0.3, 0.4) is 0 Å². The predicted molar refractivity (Wildman–Crippen MR) is 113 cm³/mol. The van der Waals surface area contributed by atoms with E-state index < -0.39 is 11.2 Å². The number of hydrogen-bond donors (Lipinski definition) is 2. The van der Waals surface area contributed by atoms with E-state index in [9.17, 15) is 10.2 Å². The molecule has 28 heavy (non-hydrogen) atoms. The van der Waals surface area contributed by atoms with E-state index in [1.165, 1.54) is 44.9 Å². The van der Waals surface area contributed by atoms with Crippen LogP contribution in [-0.2, 0) is 4.74 Å². The molecule has 4 rings (SSSR count). The molecule has 0 radical (unpaired) electrons.